The molecule has 1 amide bonds. The molecule has 1 aliphatic heterocycles. The number of halogens is 1. The summed E-state index contributed by atoms with van der Waals surface area (Å²) in [7, 11) is 3.54. The molecule has 2 N–H and O–H groups in total. The van der Waals surface area contributed by atoms with Crippen molar-refractivity contribution in [3.05, 3.63) is 0 Å². The van der Waals surface area contributed by atoms with E-state index in [1.807, 2.05) is 0 Å². The molecule has 0 spiro atoms. The smallest absolute Gasteiger partial charge is 0.243 e. The lowest BCUT2D eigenvalue weighted by molar-refractivity contribution is -0.127. The molecule has 1 aliphatic carbocycles. The normalized spacial score (nSPS) is 21.0. The molecule has 0 aromatic heterocycles. The van der Waals surface area contributed by atoms with E-state index in [9.17, 15) is 4.79 Å². The summed E-state index contributed by atoms with van der Waals surface area (Å²) in [6.07, 6.45) is 7.47. The number of amides is 1. The van der Waals surface area contributed by atoms with E-state index in [2.05, 4.69) is 34.4 Å². The Hall–Kier alpha value is -0.610. The summed E-state index contributed by atoms with van der Waals surface area (Å²) in [5, 5.41) is 7.05. The lowest BCUT2D eigenvalue weighted by Crippen LogP contribution is -2.52. The van der Waals surface area contributed by atoms with Gasteiger partial charge in [0.1, 0.15) is 6.54 Å². The lowest BCUT2D eigenvalue weighted by Gasteiger charge is -2.42. The van der Waals surface area contributed by atoms with E-state index in [1.54, 1.807) is 19.0 Å². The number of aliphatic imine (C=N–C) groups is 1. The Bertz CT molecular complexity index is 503. The average Bonchev–Trinajstić information content (AvgIpc) is 2.71. The van der Waals surface area contributed by atoms with Crippen LogP contribution in [0.15, 0.2) is 4.99 Å². The summed E-state index contributed by atoms with van der Waals surface area (Å²) in [4.78, 5) is 20.7. The second kappa shape index (κ2) is 13.6. The Morgan fingerprint density at radius 2 is 1.86 bits per heavy atom. The molecule has 7 nitrogen and oxygen atoms in total. The molecule has 1 atom stereocenters. The summed E-state index contributed by atoms with van der Waals surface area (Å²) in [6.45, 7) is 10.3. The fourth-order valence-electron chi connectivity index (χ4n) is 3.97. The van der Waals surface area contributed by atoms with Gasteiger partial charge in [-0.2, -0.15) is 0 Å². The van der Waals surface area contributed by atoms with Crippen LogP contribution in [0.2, 0.25) is 0 Å². The molecule has 8 heteroatoms. The topological polar surface area (TPSA) is 69.2 Å². The summed E-state index contributed by atoms with van der Waals surface area (Å²) < 4.78 is 5.53. The van der Waals surface area contributed by atoms with E-state index in [-0.39, 0.29) is 41.8 Å². The third-order valence-corrected chi connectivity index (χ3v) is 6.07. The molecule has 0 radical (unpaired) electrons. The standard InChI is InChI=1S/C21H41N5O2.HI/c1-5-18(2)24-20(22-15-19(27)25(3)4)23-16-21(9-7-6-8-10-21)17-26-11-13-28-14-12-26;/h18H,5-17H2,1-4H3,(H2,22,23,24);1H. The number of rotatable bonds is 8. The van der Waals surface area contributed by atoms with Gasteiger partial charge in [0.15, 0.2) is 5.96 Å². The minimum Gasteiger partial charge on any atom is -0.379 e. The first-order chi connectivity index (χ1) is 13.4. The third kappa shape index (κ3) is 9.38. The van der Waals surface area contributed by atoms with Crippen molar-refractivity contribution in [1.29, 1.82) is 0 Å². The van der Waals surface area contributed by atoms with Gasteiger partial charge in [-0.1, -0.05) is 26.2 Å². The number of morpholine rings is 1. The molecule has 2 rings (SSSR count). The minimum atomic E-state index is 0. The van der Waals surface area contributed by atoms with E-state index in [1.165, 1.54) is 32.1 Å². The van der Waals surface area contributed by atoms with Crippen LogP contribution in [0.5, 0.6) is 0 Å². The monoisotopic (exact) mass is 523 g/mol. The van der Waals surface area contributed by atoms with Crippen LogP contribution in [0.3, 0.4) is 0 Å². The van der Waals surface area contributed by atoms with Crippen LogP contribution in [0.4, 0.5) is 0 Å². The largest absolute Gasteiger partial charge is 0.379 e. The summed E-state index contributed by atoms with van der Waals surface area (Å²) in [5.74, 6) is 0.780. The second-order valence-electron chi connectivity index (χ2n) is 8.71. The number of guanidine groups is 1. The number of nitrogens with zero attached hydrogens (tertiary/aromatic N) is 3. The molecular weight excluding hydrogens is 481 g/mol. The molecular formula is C21H42IN5O2. The molecule has 0 aromatic carbocycles. The number of likely N-dealkylation sites (N-methyl/N-ethyl adjacent to an activating group) is 1. The fraction of sp³-hybridized carbons (Fsp3) is 0.905. The zero-order valence-corrected chi connectivity index (χ0v) is 21.2. The molecule has 1 saturated carbocycles. The van der Waals surface area contributed by atoms with Gasteiger partial charge >= 0.3 is 0 Å². The SMILES string of the molecule is CCC(C)NC(=NCC(=O)N(C)C)NCC1(CN2CCOCC2)CCCCC1.I. The quantitative estimate of drug-likeness (QED) is 0.291. The van der Waals surface area contributed by atoms with Gasteiger partial charge in [-0.25, -0.2) is 4.99 Å². The molecule has 1 unspecified atom stereocenters. The molecule has 1 saturated heterocycles. The van der Waals surface area contributed by atoms with Crippen molar-refractivity contribution in [2.24, 2.45) is 10.4 Å². The van der Waals surface area contributed by atoms with Crippen LogP contribution >= 0.6 is 24.0 Å². The van der Waals surface area contributed by atoms with Gasteiger partial charge < -0.3 is 20.3 Å². The van der Waals surface area contributed by atoms with Crippen LogP contribution in [0.25, 0.3) is 0 Å². The Labute approximate surface area is 194 Å². The molecule has 29 heavy (non-hydrogen) atoms. The number of carbonyl (C=O) groups excluding carboxylic acids is 1. The maximum Gasteiger partial charge on any atom is 0.243 e. The van der Waals surface area contributed by atoms with E-state index < -0.39 is 0 Å². The first-order valence-electron chi connectivity index (χ1n) is 11.0. The van der Waals surface area contributed by atoms with Crippen molar-refractivity contribution in [3.8, 4) is 0 Å². The highest BCUT2D eigenvalue weighted by Crippen LogP contribution is 2.36. The fourth-order valence-corrected chi connectivity index (χ4v) is 3.97. The highest BCUT2D eigenvalue weighted by Gasteiger charge is 2.34. The maximum atomic E-state index is 12.0. The lowest BCUT2D eigenvalue weighted by atomic mass is 9.73. The van der Waals surface area contributed by atoms with Crippen molar-refractivity contribution in [3.63, 3.8) is 0 Å². The van der Waals surface area contributed by atoms with Crippen LogP contribution in [-0.2, 0) is 9.53 Å². The van der Waals surface area contributed by atoms with Gasteiger partial charge in [-0.15, -0.1) is 24.0 Å². The zero-order valence-electron chi connectivity index (χ0n) is 18.8. The first kappa shape index (κ1) is 26.4. The van der Waals surface area contributed by atoms with Gasteiger partial charge in [0, 0.05) is 51.7 Å². The van der Waals surface area contributed by atoms with E-state index >= 15 is 0 Å². The van der Waals surface area contributed by atoms with Crippen molar-refractivity contribution in [1.82, 2.24) is 20.4 Å². The number of nitrogens with one attached hydrogen (secondary N) is 2. The minimum absolute atomic E-state index is 0. The van der Waals surface area contributed by atoms with Crippen LogP contribution < -0.4 is 10.6 Å². The van der Waals surface area contributed by atoms with E-state index in [4.69, 9.17) is 4.74 Å². The van der Waals surface area contributed by atoms with Gasteiger partial charge in [0.2, 0.25) is 5.91 Å². The third-order valence-electron chi connectivity index (χ3n) is 6.07. The summed E-state index contributed by atoms with van der Waals surface area (Å²) in [5.41, 5.74) is 0.277. The van der Waals surface area contributed by atoms with Gasteiger partial charge in [0.05, 0.1) is 13.2 Å². The van der Waals surface area contributed by atoms with Crippen LogP contribution in [0.1, 0.15) is 52.4 Å². The van der Waals surface area contributed by atoms with Gasteiger partial charge in [0.25, 0.3) is 0 Å². The highest BCUT2D eigenvalue weighted by atomic mass is 127. The van der Waals surface area contributed by atoms with E-state index in [0.717, 1.165) is 51.8 Å². The first-order valence-corrected chi connectivity index (χ1v) is 11.0. The van der Waals surface area contributed by atoms with Crippen molar-refractivity contribution in [2.75, 3.05) is 60.0 Å². The van der Waals surface area contributed by atoms with Crippen LogP contribution in [-0.4, -0.2) is 87.7 Å². The second-order valence-corrected chi connectivity index (χ2v) is 8.71. The molecule has 2 fully saturated rings. The Balaban J connectivity index is 0.00000420. The van der Waals surface area contributed by atoms with Crippen molar-refractivity contribution in [2.45, 2.75) is 58.4 Å². The number of hydrogen-bond acceptors (Lipinski definition) is 4. The number of hydrogen-bond donors (Lipinski definition) is 2. The summed E-state index contributed by atoms with van der Waals surface area (Å²) >= 11 is 0. The van der Waals surface area contributed by atoms with Gasteiger partial charge in [-0.05, 0) is 26.2 Å². The van der Waals surface area contributed by atoms with Crippen molar-refractivity contribution >= 4 is 35.8 Å². The Kier molecular flexibility index (Phi) is 12.4. The van der Waals surface area contributed by atoms with Crippen LogP contribution in [0, 0.1) is 5.41 Å². The Morgan fingerprint density at radius 1 is 1.21 bits per heavy atom. The molecule has 2 aliphatic rings. The predicted octanol–water partition coefficient (Wildman–Crippen LogP) is 2.31. The summed E-state index contributed by atoms with van der Waals surface area (Å²) in [6, 6.07) is 0.322. The number of ether oxygens (including phenoxy) is 1. The number of carbonyl (C=O) groups is 1. The zero-order chi connectivity index (χ0) is 20.4. The predicted molar refractivity (Wildman–Crippen MR) is 130 cm³/mol. The maximum absolute atomic E-state index is 12.0. The van der Waals surface area contributed by atoms with Crippen molar-refractivity contribution < 1.29 is 9.53 Å². The van der Waals surface area contributed by atoms with Gasteiger partial charge in [-0.3, -0.25) is 9.69 Å². The average molecular weight is 524 g/mol. The highest BCUT2D eigenvalue weighted by molar-refractivity contribution is 14.0. The molecule has 170 valence electrons. The molecule has 0 bridgehead atoms. The Morgan fingerprint density at radius 3 is 2.45 bits per heavy atom. The molecule has 0 aromatic rings. The molecule has 1 heterocycles. The van der Waals surface area contributed by atoms with E-state index in [0.29, 0.717) is 6.04 Å².